The number of nitrogens with zero attached hydrogens (tertiary/aromatic N) is 3. The molecule has 0 unspecified atom stereocenters. The number of halogens is 3. The van der Waals surface area contributed by atoms with Gasteiger partial charge in [-0.15, -0.1) is 0 Å². The first-order valence-electron chi connectivity index (χ1n) is 5.11. The van der Waals surface area contributed by atoms with E-state index in [0.29, 0.717) is 10.3 Å². The van der Waals surface area contributed by atoms with E-state index in [9.17, 15) is 4.39 Å². The number of benzene rings is 1. The van der Waals surface area contributed by atoms with Gasteiger partial charge in [-0.1, -0.05) is 11.6 Å². The van der Waals surface area contributed by atoms with E-state index in [1.54, 1.807) is 10.7 Å². The maximum atomic E-state index is 13.1. The number of rotatable bonds is 2. The minimum atomic E-state index is -0.474. The van der Waals surface area contributed by atoms with Crippen LogP contribution in [0, 0.1) is 24.1 Å². The summed E-state index contributed by atoms with van der Waals surface area (Å²) >= 11 is 9.14. The Kier molecular flexibility index (Phi) is 3.69. The zero-order chi connectivity index (χ0) is 13.3. The van der Waals surface area contributed by atoms with Crippen molar-refractivity contribution in [3.63, 3.8) is 0 Å². The van der Waals surface area contributed by atoms with Crippen LogP contribution in [0.15, 0.2) is 22.8 Å². The molecular weight excluding hydrogens is 321 g/mol. The van der Waals surface area contributed by atoms with E-state index in [1.165, 1.54) is 12.1 Å². The van der Waals surface area contributed by atoms with Gasteiger partial charge in [-0.2, -0.15) is 10.4 Å². The molecule has 6 heteroatoms. The highest BCUT2D eigenvalue weighted by atomic mass is 79.9. The monoisotopic (exact) mass is 327 g/mol. The van der Waals surface area contributed by atoms with Gasteiger partial charge in [0.15, 0.2) is 0 Å². The summed E-state index contributed by atoms with van der Waals surface area (Å²) in [5.74, 6) is -0.474. The van der Waals surface area contributed by atoms with E-state index in [1.807, 2.05) is 6.92 Å². The molecule has 0 saturated heterocycles. The maximum Gasteiger partial charge on any atom is 0.141 e. The van der Waals surface area contributed by atoms with E-state index in [-0.39, 0.29) is 11.4 Å². The average Bonchev–Trinajstić information content (AvgIpc) is 2.61. The molecule has 0 bridgehead atoms. The van der Waals surface area contributed by atoms with Crippen molar-refractivity contribution in [2.75, 3.05) is 0 Å². The summed E-state index contributed by atoms with van der Waals surface area (Å²) in [7, 11) is 0. The van der Waals surface area contributed by atoms with Gasteiger partial charge in [-0.3, -0.25) is 0 Å². The fourth-order valence-corrected chi connectivity index (χ4v) is 2.49. The lowest BCUT2D eigenvalue weighted by molar-refractivity contribution is 0.627. The minimum absolute atomic E-state index is 0.0365. The Bertz CT molecular complexity index is 646. The lowest BCUT2D eigenvalue weighted by Crippen LogP contribution is -1.97. The standard InChI is InChI=1S/C12H8BrClFN3/c1-7-9(4-5-16)12(13)18(17-7)8-2-3-11(15)10(14)6-8/h2-3,6H,4H2,1H3. The number of aromatic nitrogens is 2. The molecule has 0 atom stereocenters. The molecular formula is C12H8BrClFN3. The SMILES string of the molecule is Cc1nn(-c2ccc(F)c(Cl)c2)c(Br)c1CC#N. The van der Waals surface area contributed by atoms with Crippen LogP contribution in [0.5, 0.6) is 0 Å². The molecule has 0 aliphatic heterocycles. The van der Waals surface area contributed by atoms with E-state index in [0.717, 1.165) is 11.3 Å². The van der Waals surface area contributed by atoms with Gasteiger partial charge in [-0.05, 0) is 41.1 Å². The molecule has 0 saturated carbocycles. The summed E-state index contributed by atoms with van der Waals surface area (Å²) in [6, 6.07) is 6.43. The molecule has 0 amide bonds. The van der Waals surface area contributed by atoms with Gasteiger partial charge in [0.2, 0.25) is 0 Å². The van der Waals surface area contributed by atoms with Gasteiger partial charge in [0, 0.05) is 5.56 Å². The van der Waals surface area contributed by atoms with Crippen molar-refractivity contribution in [1.82, 2.24) is 9.78 Å². The van der Waals surface area contributed by atoms with Crippen LogP contribution in [0.2, 0.25) is 5.02 Å². The van der Waals surface area contributed by atoms with E-state index < -0.39 is 5.82 Å². The van der Waals surface area contributed by atoms with E-state index in [2.05, 4.69) is 27.1 Å². The molecule has 2 rings (SSSR count). The summed E-state index contributed by atoms with van der Waals surface area (Å²) < 4.78 is 15.4. The fraction of sp³-hybridized carbons (Fsp3) is 0.167. The summed E-state index contributed by atoms with van der Waals surface area (Å²) in [5, 5.41) is 13.1. The third-order valence-corrected chi connectivity index (χ3v) is 3.63. The smallest absolute Gasteiger partial charge is 0.141 e. The Hall–Kier alpha value is -1.38. The quantitative estimate of drug-likeness (QED) is 0.841. The van der Waals surface area contributed by atoms with Crippen LogP contribution in [0.25, 0.3) is 5.69 Å². The Balaban J connectivity index is 2.55. The number of hydrogen-bond donors (Lipinski definition) is 0. The highest BCUT2D eigenvalue weighted by Gasteiger charge is 2.14. The molecule has 0 fully saturated rings. The van der Waals surface area contributed by atoms with Crippen molar-refractivity contribution in [2.24, 2.45) is 0 Å². The van der Waals surface area contributed by atoms with Crippen LogP contribution in [-0.2, 0) is 6.42 Å². The third-order valence-electron chi connectivity index (χ3n) is 2.53. The first-order chi connectivity index (χ1) is 8.54. The Morgan fingerprint density at radius 2 is 2.28 bits per heavy atom. The zero-order valence-electron chi connectivity index (χ0n) is 9.41. The normalized spacial score (nSPS) is 10.4. The van der Waals surface area contributed by atoms with E-state index in [4.69, 9.17) is 16.9 Å². The summed E-state index contributed by atoms with van der Waals surface area (Å²) in [5.41, 5.74) is 2.21. The molecule has 0 aliphatic carbocycles. The first kappa shape index (κ1) is 13.1. The molecule has 1 heterocycles. The van der Waals surface area contributed by atoms with Crippen molar-refractivity contribution in [2.45, 2.75) is 13.3 Å². The lowest BCUT2D eigenvalue weighted by atomic mass is 10.2. The molecule has 1 aromatic carbocycles. The molecule has 0 N–H and O–H groups in total. The number of nitriles is 1. The highest BCUT2D eigenvalue weighted by molar-refractivity contribution is 9.10. The Morgan fingerprint density at radius 3 is 2.89 bits per heavy atom. The van der Waals surface area contributed by atoms with Crippen molar-refractivity contribution in [3.05, 3.63) is 44.9 Å². The van der Waals surface area contributed by atoms with Crippen LogP contribution in [0.4, 0.5) is 4.39 Å². The zero-order valence-corrected chi connectivity index (χ0v) is 11.8. The van der Waals surface area contributed by atoms with Crippen LogP contribution in [0.1, 0.15) is 11.3 Å². The summed E-state index contributed by atoms with van der Waals surface area (Å²) in [6.07, 6.45) is 0.265. The minimum Gasteiger partial charge on any atom is -0.226 e. The topological polar surface area (TPSA) is 41.6 Å². The predicted octanol–water partition coefficient (Wildman–Crippen LogP) is 3.80. The third kappa shape index (κ3) is 2.26. The molecule has 2 aromatic rings. The first-order valence-corrected chi connectivity index (χ1v) is 6.28. The molecule has 1 aromatic heterocycles. The highest BCUT2D eigenvalue weighted by Crippen LogP contribution is 2.26. The largest absolute Gasteiger partial charge is 0.226 e. The second kappa shape index (κ2) is 5.09. The second-order valence-corrected chi connectivity index (χ2v) is 4.86. The van der Waals surface area contributed by atoms with Gasteiger partial charge in [0.25, 0.3) is 0 Å². The van der Waals surface area contributed by atoms with Crippen molar-refractivity contribution < 1.29 is 4.39 Å². The van der Waals surface area contributed by atoms with Crippen molar-refractivity contribution >= 4 is 27.5 Å². The predicted molar refractivity (Wildman–Crippen MR) is 70.3 cm³/mol. The number of aryl methyl sites for hydroxylation is 1. The van der Waals surface area contributed by atoms with Crippen LogP contribution < -0.4 is 0 Å². The molecule has 0 spiro atoms. The molecule has 18 heavy (non-hydrogen) atoms. The summed E-state index contributed by atoms with van der Waals surface area (Å²) in [6.45, 7) is 1.82. The Morgan fingerprint density at radius 1 is 1.56 bits per heavy atom. The van der Waals surface area contributed by atoms with Crippen LogP contribution in [-0.4, -0.2) is 9.78 Å². The average molecular weight is 329 g/mol. The maximum absolute atomic E-state index is 13.1. The van der Waals surface area contributed by atoms with Gasteiger partial charge >= 0.3 is 0 Å². The van der Waals surface area contributed by atoms with Gasteiger partial charge in [0.1, 0.15) is 10.4 Å². The van der Waals surface area contributed by atoms with Crippen molar-refractivity contribution in [3.8, 4) is 11.8 Å². The number of hydrogen-bond acceptors (Lipinski definition) is 2. The van der Waals surface area contributed by atoms with Gasteiger partial charge in [-0.25, -0.2) is 9.07 Å². The molecule has 92 valence electrons. The molecule has 0 aliphatic rings. The van der Waals surface area contributed by atoms with Crippen molar-refractivity contribution in [1.29, 1.82) is 5.26 Å². The molecule has 0 radical (unpaired) electrons. The van der Waals surface area contributed by atoms with Gasteiger partial charge < -0.3 is 0 Å². The molecule has 3 nitrogen and oxygen atoms in total. The summed E-state index contributed by atoms with van der Waals surface area (Å²) in [4.78, 5) is 0. The van der Waals surface area contributed by atoms with Crippen LogP contribution in [0.3, 0.4) is 0 Å². The van der Waals surface area contributed by atoms with Gasteiger partial charge in [0.05, 0.1) is 28.9 Å². The lowest BCUT2D eigenvalue weighted by Gasteiger charge is -2.04. The second-order valence-electron chi connectivity index (χ2n) is 3.70. The fourth-order valence-electron chi connectivity index (χ4n) is 1.60. The Labute approximate surface area is 117 Å². The van der Waals surface area contributed by atoms with Crippen LogP contribution >= 0.6 is 27.5 Å². The van der Waals surface area contributed by atoms with E-state index >= 15 is 0 Å².